The molecular weight excluding hydrogens is 306 g/mol. The Balaban J connectivity index is 1.64. The fraction of sp³-hybridized carbons (Fsp3) is 0.412. The standard InChI is InChI=1S/C17H21N5O2/c1-12-5-3-7-15(19-12)20-16(23)13-6-4-8-22(11-13)17(24)14-9-18-21(2)10-14/h3,5,7,9-10,13H,4,6,8,11H2,1-2H3,(H,19,20,23)/t13-/m1/s1. The number of piperidine rings is 1. The molecule has 7 nitrogen and oxygen atoms in total. The Morgan fingerprint density at radius 3 is 2.88 bits per heavy atom. The van der Waals surface area contributed by atoms with Crippen LogP contribution in [0.4, 0.5) is 5.82 Å². The summed E-state index contributed by atoms with van der Waals surface area (Å²) in [5, 5.41) is 6.88. The highest BCUT2D eigenvalue weighted by atomic mass is 16.2. The Kier molecular flexibility index (Phi) is 4.59. The number of amides is 2. The number of carbonyl (C=O) groups is 2. The number of hydrogen-bond acceptors (Lipinski definition) is 4. The van der Waals surface area contributed by atoms with Crippen molar-refractivity contribution in [2.24, 2.45) is 13.0 Å². The number of rotatable bonds is 3. The molecule has 1 atom stereocenters. The van der Waals surface area contributed by atoms with E-state index < -0.39 is 0 Å². The van der Waals surface area contributed by atoms with Crippen molar-refractivity contribution in [1.82, 2.24) is 19.7 Å². The summed E-state index contributed by atoms with van der Waals surface area (Å²) in [6.45, 7) is 2.97. The van der Waals surface area contributed by atoms with Gasteiger partial charge in [0.1, 0.15) is 5.82 Å². The minimum absolute atomic E-state index is 0.0747. The van der Waals surface area contributed by atoms with E-state index in [9.17, 15) is 9.59 Å². The van der Waals surface area contributed by atoms with Crippen molar-refractivity contribution in [2.45, 2.75) is 19.8 Å². The van der Waals surface area contributed by atoms with E-state index in [1.165, 1.54) is 0 Å². The second-order valence-electron chi connectivity index (χ2n) is 6.15. The Hall–Kier alpha value is -2.70. The third kappa shape index (κ3) is 3.61. The molecule has 0 unspecified atom stereocenters. The molecule has 1 aliphatic rings. The first kappa shape index (κ1) is 16.2. The summed E-state index contributed by atoms with van der Waals surface area (Å²) in [5.74, 6) is 0.170. The Labute approximate surface area is 140 Å². The number of carbonyl (C=O) groups excluding carboxylic acids is 2. The van der Waals surface area contributed by atoms with Gasteiger partial charge in [-0.3, -0.25) is 14.3 Å². The first-order valence-electron chi connectivity index (χ1n) is 8.05. The molecule has 0 radical (unpaired) electrons. The Bertz CT molecular complexity index is 755. The van der Waals surface area contributed by atoms with Crippen molar-refractivity contribution < 1.29 is 9.59 Å². The number of aryl methyl sites for hydroxylation is 2. The summed E-state index contributed by atoms with van der Waals surface area (Å²) < 4.78 is 1.60. The van der Waals surface area contributed by atoms with E-state index in [0.717, 1.165) is 18.5 Å². The van der Waals surface area contributed by atoms with Crippen molar-refractivity contribution in [1.29, 1.82) is 0 Å². The van der Waals surface area contributed by atoms with E-state index in [0.29, 0.717) is 24.5 Å². The van der Waals surface area contributed by atoms with E-state index in [1.807, 2.05) is 19.1 Å². The summed E-state index contributed by atoms with van der Waals surface area (Å²) in [6, 6.07) is 5.51. The molecule has 0 saturated carbocycles. The molecule has 3 rings (SSSR count). The van der Waals surface area contributed by atoms with E-state index in [1.54, 1.807) is 35.1 Å². The predicted octanol–water partition coefficient (Wildman–Crippen LogP) is 1.61. The van der Waals surface area contributed by atoms with Crippen LogP contribution in [0, 0.1) is 12.8 Å². The van der Waals surface area contributed by atoms with Crippen LogP contribution in [0.25, 0.3) is 0 Å². The average molecular weight is 327 g/mol. The maximum Gasteiger partial charge on any atom is 0.257 e. The molecule has 1 N–H and O–H groups in total. The largest absolute Gasteiger partial charge is 0.338 e. The van der Waals surface area contributed by atoms with Gasteiger partial charge in [0.05, 0.1) is 17.7 Å². The highest BCUT2D eigenvalue weighted by Gasteiger charge is 2.29. The summed E-state index contributed by atoms with van der Waals surface area (Å²) in [4.78, 5) is 31.0. The van der Waals surface area contributed by atoms with Crippen molar-refractivity contribution in [3.63, 3.8) is 0 Å². The number of likely N-dealkylation sites (tertiary alicyclic amines) is 1. The van der Waals surface area contributed by atoms with E-state index in [4.69, 9.17) is 0 Å². The molecule has 24 heavy (non-hydrogen) atoms. The summed E-state index contributed by atoms with van der Waals surface area (Å²) in [6.07, 6.45) is 4.84. The summed E-state index contributed by atoms with van der Waals surface area (Å²) in [5.41, 5.74) is 1.41. The lowest BCUT2D eigenvalue weighted by Crippen LogP contribution is -2.43. The minimum atomic E-state index is -0.221. The summed E-state index contributed by atoms with van der Waals surface area (Å²) >= 11 is 0. The van der Waals surface area contributed by atoms with Gasteiger partial charge in [0.2, 0.25) is 5.91 Å². The van der Waals surface area contributed by atoms with Crippen molar-refractivity contribution >= 4 is 17.6 Å². The molecule has 1 saturated heterocycles. The van der Waals surface area contributed by atoms with Gasteiger partial charge in [0, 0.05) is 32.0 Å². The van der Waals surface area contributed by atoms with Crippen LogP contribution in [0.15, 0.2) is 30.6 Å². The topological polar surface area (TPSA) is 80.1 Å². The van der Waals surface area contributed by atoms with Gasteiger partial charge < -0.3 is 10.2 Å². The van der Waals surface area contributed by atoms with Crippen LogP contribution >= 0.6 is 0 Å². The van der Waals surface area contributed by atoms with Crippen molar-refractivity contribution in [3.8, 4) is 0 Å². The van der Waals surface area contributed by atoms with Crippen molar-refractivity contribution in [2.75, 3.05) is 18.4 Å². The van der Waals surface area contributed by atoms with E-state index in [-0.39, 0.29) is 17.7 Å². The second kappa shape index (κ2) is 6.82. The first-order valence-corrected chi connectivity index (χ1v) is 8.05. The molecule has 2 aromatic rings. The van der Waals surface area contributed by atoms with Crippen LogP contribution in [-0.2, 0) is 11.8 Å². The Morgan fingerprint density at radius 1 is 1.33 bits per heavy atom. The minimum Gasteiger partial charge on any atom is -0.338 e. The van der Waals surface area contributed by atoms with Gasteiger partial charge in [-0.2, -0.15) is 5.10 Å². The molecule has 1 fully saturated rings. The average Bonchev–Trinajstić information content (AvgIpc) is 3.01. The highest BCUT2D eigenvalue weighted by Crippen LogP contribution is 2.20. The number of nitrogens with zero attached hydrogens (tertiary/aromatic N) is 4. The second-order valence-corrected chi connectivity index (χ2v) is 6.15. The molecule has 0 spiro atoms. The maximum atomic E-state index is 12.5. The van der Waals surface area contributed by atoms with Crippen LogP contribution in [-0.4, -0.2) is 44.6 Å². The predicted molar refractivity (Wildman–Crippen MR) is 89.4 cm³/mol. The van der Waals surface area contributed by atoms with Crippen molar-refractivity contribution in [3.05, 3.63) is 41.9 Å². The van der Waals surface area contributed by atoms with Gasteiger partial charge in [0.15, 0.2) is 0 Å². The number of aromatic nitrogens is 3. The van der Waals surface area contributed by atoms with Crippen LogP contribution in [0.1, 0.15) is 28.9 Å². The molecule has 126 valence electrons. The quantitative estimate of drug-likeness (QED) is 0.929. The zero-order valence-corrected chi connectivity index (χ0v) is 13.9. The molecular formula is C17H21N5O2. The van der Waals surface area contributed by atoms with Crippen LogP contribution in [0.5, 0.6) is 0 Å². The Morgan fingerprint density at radius 2 is 2.17 bits per heavy atom. The lowest BCUT2D eigenvalue weighted by Gasteiger charge is -2.31. The van der Waals surface area contributed by atoms with E-state index in [2.05, 4.69) is 15.4 Å². The third-order valence-corrected chi connectivity index (χ3v) is 4.17. The van der Waals surface area contributed by atoms with Gasteiger partial charge in [-0.1, -0.05) is 6.07 Å². The fourth-order valence-electron chi connectivity index (χ4n) is 2.93. The first-order chi connectivity index (χ1) is 11.5. The lowest BCUT2D eigenvalue weighted by molar-refractivity contribution is -0.121. The molecule has 3 heterocycles. The van der Waals surface area contributed by atoms with Gasteiger partial charge in [-0.05, 0) is 31.9 Å². The lowest BCUT2D eigenvalue weighted by atomic mass is 9.96. The zero-order valence-electron chi connectivity index (χ0n) is 13.9. The van der Waals surface area contributed by atoms with Gasteiger partial charge in [-0.15, -0.1) is 0 Å². The zero-order chi connectivity index (χ0) is 17.1. The smallest absolute Gasteiger partial charge is 0.257 e. The van der Waals surface area contributed by atoms with Crippen LogP contribution < -0.4 is 5.32 Å². The van der Waals surface area contributed by atoms with Crippen LogP contribution in [0.3, 0.4) is 0 Å². The SMILES string of the molecule is Cc1cccc(NC(=O)[C@@H]2CCCN(C(=O)c3cnn(C)c3)C2)n1. The van der Waals surface area contributed by atoms with Crippen LogP contribution in [0.2, 0.25) is 0 Å². The van der Waals surface area contributed by atoms with Gasteiger partial charge in [0.25, 0.3) is 5.91 Å². The molecule has 2 amide bonds. The molecule has 0 aliphatic carbocycles. The molecule has 0 bridgehead atoms. The van der Waals surface area contributed by atoms with Gasteiger partial charge in [-0.25, -0.2) is 4.98 Å². The molecule has 7 heteroatoms. The number of pyridine rings is 1. The highest BCUT2D eigenvalue weighted by molar-refractivity contribution is 5.95. The third-order valence-electron chi connectivity index (χ3n) is 4.17. The summed E-state index contributed by atoms with van der Waals surface area (Å²) in [7, 11) is 1.78. The molecule has 0 aromatic carbocycles. The maximum absolute atomic E-state index is 12.5. The fourth-order valence-corrected chi connectivity index (χ4v) is 2.93. The van der Waals surface area contributed by atoms with E-state index >= 15 is 0 Å². The number of anilines is 1. The van der Waals surface area contributed by atoms with Gasteiger partial charge >= 0.3 is 0 Å². The molecule has 1 aliphatic heterocycles. The number of hydrogen-bond donors (Lipinski definition) is 1. The normalized spacial score (nSPS) is 17.6. The number of nitrogens with one attached hydrogen (secondary N) is 1. The molecule has 2 aromatic heterocycles. The monoisotopic (exact) mass is 327 g/mol.